The number of carbonyl (C=O) groups is 1. The van der Waals surface area contributed by atoms with Crippen LogP contribution in [0.4, 0.5) is 0 Å². The molecule has 1 amide bonds. The Kier molecular flexibility index (Phi) is 4.32. The molecule has 1 aromatic heterocycles. The fraction of sp³-hybridized carbons (Fsp3) is 0.353. The average molecular weight is 296 g/mol. The zero-order valence-corrected chi connectivity index (χ0v) is 12.6. The van der Waals surface area contributed by atoms with Gasteiger partial charge in [0.2, 0.25) is 5.91 Å². The molecule has 0 spiro atoms. The first-order valence-corrected chi connectivity index (χ1v) is 7.63. The summed E-state index contributed by atoms with van der Waals surface area (Å²) in [7, 11) is 0. The van der Waals surface area contributed by atoms with Crippen LogP contribution in [0.25, 0.3) is 5.69 Å². The lowest BCUT2D eigenvalue weighted by atomic mass is 10.0. The molecule has 2 aromatic rings. The number of hydrogen-bond donors (Lipinski definition) is 1. The number of hydrogen-bond acceptors (Lipinski definition) is 3. The Balaban J connectivity index is 1.58. The average Bonchev–Trinajstić information content (AvgIpc) is 3.20. The summed E-state index contributed by atoms with van der Waals surface area (Å²) >= 11 is 0. The number of nitrogens with zero attached hydrogens (tertiary/aromatic N) is 3. The summed E-state index contributed by atoms with van der Waals surface area (Å²) in [5.74, 6) is 0.520. The Hall–Kier alpha value is -2.43. The van der Waals surface area contributed by atoms with Crippen molar-refractivity contribution >= 4 is 5.91 Å². The molecule has 0 fully saturated rings. The van der Waals surface area contributed by atoms with Crippen LogP contribution in [0.1, 0.15) is 37.8 Å². The number of benzene rings is 1. The molecule has 0 saturated heterocycles. The number of aromatic nitrogens is 3. The van der Waals surface area contributed by atoms with Crippen LogP contribution >= 0.6 is 0 Å². The van der Waals surface area contributed by atoms with Gasteiger partial charge < -0.3 is 5.32 Å². The fourth-order valence-corrected chi connectivity index (χ4v) is 2.74. The van der Waals surface area contributed by atoms with E-state index < -0.39 is 0 Å². The van der Waals surface area contributed by atoms with Crippen LogP contribution in [0.2, 0.25) is 0 Å². The van der Waals surface area contributed by atoms with E-state index in [1.54, 1.807) is 11.0 Å². The second-order valence-electron chi connectivity index (χ2n) is 5.69. The molecule has 5 nitrogen and oxygen atoms in total. The van der Waals surface area contributed by atoms with Gasteiger partial charge in [-0.25, -0.2) is 9.67 Å². The van der Waals surface area contributed by atoms with Gasteiger partial charge in [0.15, 0.2) is 0 Å². The summed E-state index contributed by atoms with van der Waals surface area (Å²) in [5.41, 5.74) is 2.04. The monoisotopic (exact) mass is 296 g/mol. The topological polar surface area (TPSA) is 59.8 Å². The highest BCUT2D eigenvalue weighted by Crippen LogP contribution is 2.21. The summed E-state index contributed by atoms with van der Waals surface area (Å²) in [5, 5.41) is 7.17. The van der Waals surface area contributed by atoms with E-state index in [-0.39, 0.29) is 11.9 Å². The van der Waals surface area contributed by atoms with Gasteiger partial charge in [0.05, 0.1) is 11.7 Å². The molecule has 0 saturated carbocycles. The highest BCUT2D eigenvalue weighted by molar-refractivity contribution is 5.77. The van der Waals surface area contributed by atoms with Gasteiger partial charge in [0, 0.05) is 6.42 Å². The molecule has 2 unspecified atom stereocenters. The van der Waals surface area contributed by atoms with E-state index in [4.69, 9.17) is 0 Å². The predicted octanol–water partition coefficient (Wildman–Crippen LogP) is 2.80. The van der Waals surface area contributed by atoms with Gasteiger partial charge in [-0.2, -0.15) is 5.10 Å². The maximum atomic E-state index is 12.1. The zero-order chi connectivity index (χ0) is 15.4. The van der Waals surface area contributed by atoms with Gasteiger partial charge in [-0.1, -0.05) is 24.3 Å². The molecule has 3 rings (SSSR count). The smallest absolute Gasteiger partial charge is 0.221 e. The summed E-state index contributed by atoms with van der Waals surface area (Å²) in [6.07, 6.45) is 10.2. The molecule has 1 aliphatic rings. The van der Waals surface area contributed by atoms with E-state index in [2.05, 4.69) is 27.6 Å². The normalized spacial score (nSPS) is 18.3. The molecule has 114 valence electrons. The predicted molar refractivity (Wildman–Crippen MR) is 84.4 cm³/mol. The summed E-state index contributed by atoms with van der Waals surface area (Å²) < 4.78 is 1.71. The molecule has 2 atom stereocenters. The Morgan fingerprint density at radius 2 is 2.23 bits per heavy atom. The standard InChI is InChI=1S/C17H20N4O/c1-13(20-17(22)10-14-4-2-3-5-14)15-6-8-16(9-7-15)21-12-18-11-19-21/h2,4,6-9,11-14H,3,5,10H2,1H3,(H,20,22). The summed E-state index contributed by atoms with van der Waals surface area (Å²) in [6.45, 7) is 2.01. The highest BCUT2D eigenvalue weighted by atomic mass is 16.1. The molecule has 1 aliphatic carbocycles. The molecule has 1 aromatic carbocycles. The minimum Gasteiger partial charge on any atom is -0.350 e. The Bertz CT molecular complexity index is 646. The molecule has 0 aliphatic heterocycles. The summed E-state index contributed by atoms with van der Waals surface area (Å²) in [6, 6.07) is 7.98. The lowest BCUT2D eigenvalue weighted by molar-refractivity contribution is -0.122. The number of allylic oxidation sites excluding steroid dienone is 2. The second-order valence-corrected chi connectivity index (χ2v) is 5.69. The van der Waals surface area contributed by atoms with Crippen LogP contribution < -0.4 is 5.32 Å². The van der Waals surface area contributed by atoms with Gasteiger partial charge in [0.1, 0.15) is 12.7 Å². The lowest BCUT2D eigenvalue weighted by Gasteiger charge is -2.16. The van der Waals surface area contributed by atoms with Crippen molar-refractivity contribution in [3.8, 4) is 5.69 Å². The number of nitrogens with one attached hydrogen (secondary N) is 1. The molecule has 1 N–H and O–H groups in total. The second kappa shape index (κ2) is 6.56. The Morgan fingerprint density at radius 1 is 1.41 bits per heavy atom. The Labute approximate surface area is 130 Å². The molecule has 0 bridgehead atoms. The van der Waals surface area contributed by atoms with E-state index in [1.807, 2.05) is 31.2 Å². The highest BCUT2D eigenvalue weighted by Gasteiger charge is 2.16. The van der Waals surface area contributed by atoms with E-state index in [0.29, 0.717) is 12.3 Å². The SMILES string of the molecule is CC(NC(=O)CC1C=CCC1)c1ccc(-n2cncn2)cc1. The molecular formula is C17H20N4O. The van der Waals surface area contributed by atoms with E-state index >= 15 is 0 Å². The zero-order valence-electron chi connectivity index (χ0n) is 12.6. The van der Waals surface area contributed by atoms with Crippen molar-refractivity contribution < 1.29 is 4.79 Å². The van der Waals surface area contributed by atoms with E-state index in [1.165, 1.54) is 6.33 Å². The van der Waals surface area contributed by atoms with Gasteiger partial charge in [0.25, 0.3) is 0 Å². The quantitative estimate of drug-likeness (QED) is 0.863. The molecule has 1 heterocycles. The van der Waals surface area contributed by atoms with Crippen LogP contribution in [-0.2, 0) is 4.79 Å². The van der Waals surface area contributed by atoms with Crippen molar-refractivity contribution in [3.63, 3.8) is 0 Å². The van der Waals surface area contributed by atoms with Crippen molar-refractivity contribution in [2.75, 3.05) is 0 Å². The van der Waals surface area contributed by atoms with Gasteiger partial charge in [-0.15, -0.1) is 0 Å². The third-order valence-corrected chi connectivity index (χ3v) is 4.01. The van der Waals surface area contributed by atoms with Crippen molar-refractivity contribution in [2.45, 2.75) is 32.2 Å². The number of amides is 1. The third kappa shape index (κ3) is 3.42. The minimum atomic E-state index is 0.00248. The van der Waals surface area contributed by atoms with Crippen molar-refractivity contribution in [1.82, 2.24) is 20.1 Å². The van der Waals surface area contributed by atoms with Crippen LogP contribution in [0.5, 0.6) is 0 Å². The van der Waals surface area contributed by atoms with Crippen LogP contribution in [0.15, 0.2) is 49.1 Å². The number of carbonyl (C=O) groups excluding carboxylic acids is 1. The first-order chi connectivity index (χ1) is 10.7. The van der Waals surface area contributed by atoms with E-state index in [9.17, 15) is 4.79 Å². The molecule has 0 radical (unpaired) electrons. The van der Waals surface area contributed by atoms with Gasteiger partial charge in [-0.05, 0) is 43.4 Å². The summed E-state index contributed by atoms with van der Waals surface area (Å²) in [4.78, 5) is 16.0. The molecular weight excluding hydrogens is 276 g/mol. The number of rotatable bonds is 5. The Morgan fingerprint density at radius 3 is 2.86 bits per heavy atom. The maximum Gasteiger partial charge on any atom is 0.221 e. The van der Waals surface area contributed by atoms with Crippen molar-refractivity contribution in [3.05, 3.63) is 54.6 Å². The largest absolute Gasteiger partial charge is 0.350 e. The van der Waals surface area contributed by atoms with Crippen LogP contribution in [-0.4, -0.2) is 20.7 Å². The van der Waals surface area contributed by atoms with Crippen LogP contribution in [0.3, 0.4) is 0 Å². The molecule has 5 heteroatoms. The first kappa shape index (κ1) is 14.5. The fourth-order valence-electron chi connectivity index (χ4n) is 2.74. The van der Waals surface area contributed by atoms with Gasteiger partial charge >= 0.3 is 0 Å². The lowest BCUT2D eigenvalue weighted by Crippen LogP contribution is -2.27. The first-order valence-electron chi connectivity index (χ1n) is 7.63. The molecule has 22 heavy (non-hydrogen) atoms. The third-order valence-electron chi connectivity index (χ3n) is 4.01. The van der Waals surface area contributed by atoms with Crippen LogP contribution in [0, 0.1) is 5.92 Å². The van der Waals surface area contributed by atoms with Crippen molar-refractivity contribution in [1.29, 1.82) is 0 Å². The van der Waals surface area contributed by atoms with Gasteiger partial charge in [-0.3, -0.25) is 4.79 Å². The van der Waals surface area contributed by atoms with E-state index in [0.717, 1.165) is 24.1 Å². The van der Waals surface area contributed by atoms with Crippen molar-refractivity contribution in [2.24, 2.45) is 5.92 Å². The maximum absolute atomic E-state index is 12.1. The minimum absolute atomic E-state index is 0.00248.